The van der Waals surface area contributed by atoms with Crippen molar-refractivity contribution < 1.29 is 9.53 Å². The minimum Gasteiger partial charge on any atom is -0.375 e. The number of pyridine rings is 1. The number of amides is 1. The van der Waals surface area contributed by atoms with Gasteiger partial charge in [0.05, 0.1) is 24.3 Å². The lowest BCUT2D eigenvalue weighted by atomic mass is 9.97. The largest absolute Gasteiger partial charge is 0.375 e. The Kier molecular flexibility index (Phi) is 4.83. The number of hydrogen-bond donors (Lipinski definition) is 0. The van der Waals surface area contributed by atoms with Gasteiger partial charge in [-0.05, 0) is 42.5 Å². The fraction of sp³-hybridized carbons (Fsp3) is 0.474. The maximum Gasteiger partial charge on any atom is 0.255 e. The molecule has 0 radical (unpaired) electrons. The number of hydrogen-bond acceptors (Lipinski definition) is 5. The first-order valence-corrected chi connectivity index (χ1v) is 9.68. The van der Waals surface area contributed by atoms with Gasteiger partial charge in [0.25, 0.3) is 5.91 Å². The molecule has 2 saturated heterocycles. The Hall–Kier alpha value is -1.76. The topological polar surface area (TPSA) is 45.7 Å². The third kappa shape index (κ3) is 3.47. The number of fused-ring (bicyclic) bond motifs is 1. The van der Waals surface area contributed by atoms with Crippen LogP contribution in [0.5, 0.6) is 0 Å². The summed E-state index contributed by atoms with van der Waals surface area (Å²) >= 11 is 1.63. The maximum atomic E-state index is 12.9. The van der Waals surface area contributed by atoms with Crippen LogP contribution in [0.1, 0.15) is 27.2 Å². The van der Waals surface area contributed by atoms with Crippen molar-refractivity contribution in [3.63, 3.8) is 0 Å². The molecule has 5 nitrogen and oxygen atoms in total. The number of aromatic nitrogens is 1. The highest BCUT2D eigenvalue weighted by atomic mass is 32.1. The van der Waals surface area contributed by atoms with E-state index in [1.807, 2.05) is 35.7 Å². The van der Waals surface area contributed by atoms with Gasteiger partial charge >= 0.3 is 0 Å². The van der Waals surface area contributed by atoms with Crippen LogP contribution in [0, 0.1) is 6.92 Å². The average molecular weight is 357 g/mol. The number of likely N-dealkylation sites (tertiary alicyclic amines) is 1. The maximum absolute atomic E-state index is 12.9. The van der Waals surface area contributed by atoms with Gasteiger partial charge in [-0.3, -0.25) is 14.7 Å². The minimum absolute atomic E-state index is 0.159. The van der Waals surface area contributed by atoms with E-state index in [1.54, 1.807) is 11.3 Å². The quantitative estimate of drug-likeness (QED) is 0.847. The summed E-state index contributed by atoms with van der Waals surface area (Å²) in [6, 6.07) is 6.33. The monoisotopic (exact) mass is 357 g/mol. The molecule has 1 amide bonds. The number of thiophene rings is 1. The van der Waals surface area contributed by atoms with Gasteiger partial charge in [0, 0.05) is 43.4 Å². The van der Waals surface area contributed by atoms with E-state index in [-0.39, 0.29) is 18.1 Å². The van der Waals surface area contributed by atoms with Crippen molar-refractivity contribution in [1.82, 2.24) is 14.8 Å². The molecule has 6 heteroatoms. The summed E-state index contributed by atoms with van der Waals surface area (Å²) in [5.74, 6) is 0.159. The highest BCUT2D eigenvalue weighted by Gasteiger charge is 2.38. The number of rotatable bonds is 3. The van der Waals surface area contributed by atoms with Crippen LogP contribution in [0.2, 0.25) is 0 Å². The molecule has 25 heavy (non-hydrogen) atoms. The molecule has 132 valence electrons. The molecule has 0 spiro atoms. The molecule has 4 rings (SSSR count). The third-order valence-electron chi connectivity index (χ3n) is 5.21. The smallest absolute Gasteiger partial charge is 0.255 e. The molecule has 2 atom stereocenters. The summed E-state index contributed by atoms with van der Waals surface area (Å²) in [6.45, 7) is 6.09. The molecule has 2 aromatic heterocycles. The Morgan fingerprint density at radius 1 is 1.32 bits per heavy atom. The van der Waals surface area contributed by atoms with Crippen molar-refractivity contribution in [3.8, 4) is 0 Å². The van der Waals surface area contributed by atoms with Crippen LogP contribution in [0.25, 0.3) is 0 Å². The van der Waals surface area contributed by atoms with Crippen LogP contribution in [0.4, 0.5) is 0 Å². The number of morpholine rings is 1. The zero-order chi connectivity index (χ0) is 17.2. The third-order valence-corrected chi connectivity index (χ3v) is 6.06. The van der Waals surface area contributed by atoms with Crippen molar-refractivity contribution in [2.24, 2.45) is 0 Å². The second-order valence-corrected chi connectivity index (χ2v) is 7.85. The molecule has 0 saturated carbocycles. The molecule has 2 aliphatic rings. The second-order valence-electron chi connectivity index (χ2n) is 6.73. The number of ether oxygens (including phenoxy) is 1. The summed E-state index contributed by atoms with van der Waals surface area (Å²) in [6.07, 6.45) is 4.81. The normalized spacial score (nSPS) is 24.1. The van der Waals surface area contributed by atoms with Gasteiger partial charge in [-0.1, -0.05) is 0 Å². The van der Waals surface area contributed by atoms with Crippen molar-refractivity contribution in [2.75, 3.05) is 26.2 Å². The number of carbonyl (C=O) groups is 1. The molecule has 0 bridgehead atoms. The van der Waals surface area contributed by atoms with Gasteiger partial charge in [0.1, 0.15) is 0 Å². The average Bonchev–Trinajstić information content (AvgIpc) is 3.08. The lowest BCUT2D eigenvalue weighted by molar-refractivity contribution is -0.101. The molecule has 0 unspecified atom stereocenters. The van der Waals surface area contributed by atoms with E-state index < -0.39 is 0 Å². The van der Waals surface area contributed by atoms with Crippen molar-refractivity contribution in [3.05, 3.63) is 52.0 Å². The van der Waals surface area contributed by atoms with Gasteiger partial charge in [0.2, 0.25) is 0 Å². The molecule has 0 aliphatic carbocycles. The number of aryl methyl sites for hydroxylation is 1. The fourth-order valence-electron chi connectivity index (χ4n) is 3.82. The fourth-order valence-corrected chi connectivity index (χ4v) is 4.51. The Morgan fingerprint density at radius 3 is 2.92 bits per heavy atom. The van der Waals surface area contributed by atoms with E-state index in [0.29, 0.717) is 0 Å². The second kappa shape index (κ2) is 7.23. The molecular formula is C19H23N3O2S. The molecular weight excluding hydrogens is 334 g/mol. The van der Waals surface area contributed by atoms with E-state index >= 15 is 0 Å². The molecule has 2 aliphatic heterocycles. The lowest BCUT2D eigenvalue weighted by Crippen LogP contribution is -2.60. The van der Waals surface area contributed by atoms with E-state index in [4.69, 9.17) is 4.74 Å². The van der Waals surface area contributed by atoms with Crippen LogP contribution < -0.4 is 0 Å². The van der Waals surface area contributed by atoms with Gasteiger partial charge in [-0.15, -0.1) is 11.3 Å². The number of carbonyl (C=O) groups excluding carboxylic acids is 1. The summed E-state index contributed by atoms with van der Waals surface area (Å²) in [5, 5.41) is 1.99. The Balaban J connectivity index is 1.49. The van der Waals surface area contributed by atoms with E-state index in [9.17, 15) is 4.79 Å². The van der Waals surface area contributed by atoms with Crippen molar-refractivity contribution in [2.45, 2.75) is 32.0 Å². The zero-order valence-corrected chi connectivity index (χ0v) is 15.2. The van der Waals surface area contributed by atoms with Crippen LogP contribution in [0.15, 0.2) is 36.0 Å². The summed E-state index contributed by atoms with van der Waals surface area (Å²) in [5.41, 5.74) is 2.11. The first-order valence-electron chi connectivity index (χ1n) is 8.80. The predicted molar refractivity (Wildman–Crippen MR) is 97.8 cm³/mol. The highest BCUT2D eigenvalue weighted by Crippen LogP contribution is 2.26. The Bertz CT molecular complexity index is 733. The van der Waals surface area contributed by atoms with Gasteiger partial charge < -0.3 is 9.64 Å². The number of nitrogens with zero attached hydrogens (tertiary/aromatic N) is 3. The SMILES string of the molecule is Cc1sccc1C(=O)N1CC[C@H]2OCCN(Cc3ccncc3)[C@@H]2C1. The predicted octanol–water partition coefficient (Wildman–Crippen LogP) is 2.57. The lowest BCUT2D eigenvalue weighted by Gasteiger charge is -2.47. The van der Waals surface area contributed by atoms with Gasteiger partial charge in [-0.2, -0.15) is 0 Å². The summed E-state index contributed by atoms with van der Waals surface area (Å²) in [4.78, 5) is 22.5. The standard InChI is InChI=1S/C19H23N3O2S/c1-14-16(5-11-25-14)19(23)22-8-4-18-17(13-22)21(9-10-24-18)12-15-2-6-20-7-3-15/h2-3,5-7,11,17-18H,4,8-10,12-13H2,1H3/t17-,18-/m1/s1. The molecule has 2 aromatic rings. The molecule has 4 heterocycles. The van der Waals surface area contributed by atoms with Crippen LogP contribution >= 0.6 is 11.3 Å². The molecule has 2 fully saturated rings. The van der Waals surface area contributed by atoms with Gasteiger partial charge in [0.15, 0.2) is 0 Å². The van der Waals surface area contributed by atoms with Crippen LogP contribution in [-0.2, 0) is 11.3 Å². The Labute approximate surface area is 152 Å². The highest BCUT2D eigenvalue weighted by molar-refractivity contribution is 7.10. The van der Waals surface area contributed by atoms with E-state index in [1.165, 1.54) is 5.56 Å². The zero-order valence-electron chi connectivity index (χ0n) is 14.4. The molecule has 0 N–H and O–H groups in total. The Morgan fingerprint density at radius 2 is 2.16 bits per heavy atom. The first kappa shape index (κ1) is 16.7. The van der Waals surface area contributed by atoms with Crippen molar-refractivity contribution in [1.29, 1.82) is 0 Å². The van der Waals surface area contributed by atoms with Crippen molar-refractivity contribution >= 4 is 17.2 Å². The van der Waals surface area contributed by atoms with E-state index in [2.05, 4.69) is 22.0 Å². The van der Waals surface area contributed by atoms with Gasteiger partial charge in [-0.25, -0.2) is 0 Å². The minimum atomic E-state index is 0.159. The van der Waals surface area contributed by atoms with E-state index in [0.717, 1.165) is 49.6 Å². The summed E-state index contributed by atoms with van der Waals surface area (Å²) < 4.78 is 6.00. The number of piperidine rings is 1. The summed E-state index contributed by atoms with van der Waals surface area (Å²) in [7, 11) is 0. The molecule has 0 aromatic carbocycles. The van der Waals surface area contributed by atoms with Crippen LogP contribution in [0.3, 0.4) is 0 Å². The first-order chi connectivity index (χ1) is 12.2. The van der Waals surface area contributed by atoms with Crippen LogP contribution in [-0.4, -0.2) is 59.1 Å².